The molecule has 0 radical (unpaired) electrons. The summed E-state index contributed by atoms with van der Waals surface area (Å²) in [7, 11) is 0. The lowest BCUT2D eigenvalue weighted by atomic mass is 10.2. The molecule has 0 spiro atoms. The number of hydrogen-bond donors (Lipinski definition) is 2. The Kier molecular flexibility index (Phi) is 6.31. The van der Waals surface area contributed by atoms with Crippen LogP contribution >= 0.6 is 23.2 Å². The lowest BCUT2D eigenvalue weighted by Gasteiger charge is -2.08. The van der Waals surface area contributed by atoms with E-state index in [2.05, 4.69) is 20.6 Å². The Balaban J connectivity index is 1.72. The van der Waals surface area contributed by atoms with Gasteiger partial charge >= 0.3 is 0 Å². The molecule has 0 unspecified atom stereocenters. The number of nitrogens with one attached hydrogen (secondary N) is 2. The second-order valence-corrected chi connectivity index (χ2v) is 5.26. The Morgan fingerprint density at radius 2 is 1.30 bits per heavy atom. The van der Waals surface area contributed by atoms with Gasteiger partial charge in [0.05, 0.1) is 11.1 Å². The molecule has 120 valence electrons. The van der Waals surface area contributed by atoms with Gasteiger partial charge in [-0.25, -0.2) is 9.97 Å². The van der Waals surface area contributed by atoms with Crippen LogP contribution in [0.15, 0.2) is 36.7 Å². The molecule has 2 amide bonds. The summed E-state index contributed by atoms with van der Waals surface area (Å²) in [6, 6.07) is 6.46. The number of rotatable bonds is 6. The monoisotopic (exact) mass is 352 g/mol. The van der Waals surface area contributed by atoms with Gasteiger partial charge in [0, 0.05) is 25.5 Å². The molecule has 2 aromatic heterocycles. The quantitative estimate of drug-likeness (QED) is 0.617. The van der Waals surface area contributed by atoms with Crippen molar-refractivity contribution in [3.63, 3.8) is 0 Å². The second-order valence-electron chi connectivity index (χ2n) is 4.55. The zero-order chi connectivity index (χ0) is 16.7. The minimum atomic E-state index is -0.301. The maximum absolute atomic E-state index is 11.9. The van der Waals surface area contributed by atoms with Gasteiger partial charge in [-0.15, -0.1) is 0 Å². The molecule has 2 heterocycles. The van der Waals surface area contributed by atoms with E-state index >= 15 is 0 Å². The molecule has 2 N–H and O–H groups in total. The van der Waals surface area contributed by atoms with Crippen LogP contribution in [0.3, 0.4) is 0 Å². The summed E-state index contributed by atoms with van der Waals surface area (Å²) in [6.45, 7) is 0.788. The molecule has 0 atom stereocenters. The second kappa shape index (κ2) is 8.45. The van der Waals surface area contributed by atoms with Gasteiger partial charge in [0.1, 0.15) is 10.3 Å². The van der Waals surface area contributed by atoms with Gasteiger partial charge in [-0.3, -0.25) is 9.59 Å². The average Bonchev–Trinajstić information content (AvgIpc) is 2.55. The fourth-order valence-corrected chi connectivity index (χ4v) is 2.20. The highest BCUT2D eigenvalue weighted by atomic mass is 35.5. The van der Waals surface area contributed by atoms with E-state index in [-0.39, 0.29) is 22.1 Å². The van der Waals surface area contributed by atoms with Gasteiger partial charge in [-0.2, -0.15) is 0 Å². The first-order chi connectivity index (χ1) is 11.1. The summed E-state index contributed by atoms with van der Waals surface area (Å²) in [5.74, 6) is -0.602. The van der Waals surface area contributed by atoms with Crippen LogP contribution in [0, 0.1) is 0 Å². The summed E-state index contributed by atoms with van der Waals surface area (Å²) in [5.41, 5.74) is 0.640. The number of hydrogen-bond acceptors (Lipinski definition) is 4. The zero-order valence-corrected chi connectivity index (χ0v) is 13.6. The van der Waals surface area contributed by atoms with Crippen LogP contribution in [0.5, 0.6) is 0 Å². The maximum Gasteiger partial charge on any atom is 0.254 e. The van der Waals surface area contributed by atoms with E-state index in [1.165, 1.54) is 12.4 Å². The van der Waals surface area contributed by atoms with Crippen molar-refractivity contribution in [2.24, 2.45) is 0 Å². The number of amides is 2. The molecular formula is C15H14Cl2N4O2. The Morgan fingerprint density at radius 3 is 1.70 bits per heavy atom. The third-order valence-electron chi connectivity index (χ3n) is 2.93. The lowest BCUT2D eigenvalue weighted by molar-refractivity contribution is 0.0951. The van der Waals surface area contributed by atoms with E-state index < -0.39 is 0 Å². The van der Waals surface area contributed by atoms with E-state index in [1.54, 1.807) is 24.3 Å². The fraction of sp³-hybridized carbons (Fsp3) is 0.200. The summed E-state index contributed by atoms with van der Waals surface area (Å²) in [4.78, 5) is 31.4. The molecule has 0 bridgehead atoms. The lowest BCUT2D eigenvalue weighted by Crippen LogP contribution is -2.30. The molecule has 2 rings (SSSR count). The van der Waals surface area contributed by atoms with Crippen LogP contribution in [-0.4, -0.2) is 34.9 Å². The normalized spacial score (nSPS) is 10.2. The molecule has 2 aromatic rings. The number of carbonyl (C=O) groups excluding carboxylic acids is 2. The van der Waals surface area contributed by atoms with Gasteiger partial charge in [-0.05, 0) is 30.7 Å². The predicted molar refractivity (Wildman–Crippen MR) is 87.8 cm³/mol. The van der Waals surface area contributed by atoms with Crippen LogP contribution in [0.2, 0.25) is 10.3 Å². The van der Waals surface area contributed by atoms with Gasteiger partial charge in [0.2, 0.25) is 0 Å². The molecule has 6 nitrogen and oxygen atoms in total. The number of nitrogens with zero attached hydrogens (tertiary/aromatic N) is 2. The summed E-state index contributed by atoms with van der Waals surface area (Å²) in [6.07, 6.45) is 3.59. The molecule has 8 heteroatoms. The molecule has 23 heavy (non-hydrogen) atoms. The predicted octanol–water partition coefficient (Wildman–Crippen LogP) is 2.33. The Hall–Kier alpha value is -2.18. The fourth-order valence-electron chi connectivity index (χ4n) is 1.79. The molecule has 0 fully saturated rings. The Morgan fingerprint density at radius 1 is 0.870 bits per heavy atom. The van der Waals surface area contributed by atoms with Crippen molar-refractivity contribution in [1.29, 1.82) is 0 Å². The van der Waals surface area contributed by atoms with Crippen molar-refractivity contribution in [1.82, 2.24) is 20.6 Å². The van der Waals surface area contributed by atoms with Crippen molar-refractivity contribution >= 4 is 35.0 Å². The highest BCUT2D eigenvalue weighted by Gasteiger charge is 2.11. The largest absolute Gasteiger partial charge is 0.352 e. The van der Waals surface area contributed by atoms with E-state index in [9.17, 15) is 9.59 Å². The van der Waals surface area contributed by atoms with Crippen LogP contribution in [0.25, 0.3) is 0 Å². The van der Waals surface area contributed by atoms with Crippen LogP contribution in [0.1, 0.15) is 27.1 Å². The number of halogens is 2. The van der Waals surface area contributed by atoms with Crippen molar-refractivity contribution < 1.29 is 9.59 Å². The van der Waals surface area contributed by atoms with Crippen LogP contribution in [-0.2, 0) is 0 Å². The van der Waals surface area contributed by atoms with E-state index in [0.717, 1.165) is 0 Å². The van der Waals surface area contributed by atoms with E-state index in [1.807, 2.05) is 0 Å². The SMILES string of the molecule is O=C(NCCCNC(=O)c1cccnc1Cl)c1cccnc1Cl. The summed E-state index contributed by atoms with van der Waals surface area (Å²) in [5, 5.41) is 5.74. The third kappa shape index (κ3) is 4.91. The Bertz CT molecular complexity index is 650. The van der Waals surface area contributed by atoms with Gasteiger partial charge in [0.25, 0.3) is 11.8 Å². The molecule has 0 saturated heterocycles. The minimum Gasteiger partial charge on any atom is -0.352 e. The average molecular weight is 353 g/mol. The number of carbonyl (C=O) groups is 2. The van der Waals surface area contributed by atoms with Gasteiger partial charge in [-0.1, -0.05) is 23.2 Å². The molecule has 0 aliphatic heterocycles. The van der Waals surface area contributed by atoms with Crippen LogP contribution in [0.4, 0.5) is 0 Å². The minimum absolute atomic E-state index is 0.157. The highest BCUT2D eigenvalue weighted by molar-refractivity contribution is 6.33. The number of pyridine rings is 2. The summed E-state index contributed by atoms with van der Waals surface area (Å²) < 4.78 is 0. The molecule has 0 aliphatic rings. The number of aromatic nitrogens is 2. The first kappa shape index (κ1) is 17.2. The first-order valence-electron chi connectivity index (χ1n) is 6.87. The molecule has 0 aliphatic carbocycles. The molecule has 0 aromatic carbocycles. The van der Waals surface area contributed by atoms with Crippen LogP contribution < -0.4 is 10.6 Å². The smallest absolute Gasteiger partial charge is 0.254 e. The van der Waals surface area contributed by atoms with Crippen molar-refractivity contribution in [2.45, 2.75) is 6.42 Å². The van der Waals surface area contributed by atoms with Gasteiger partial charge < -0.3 is 10.6 Å². The Labute approximate surface area is 143 Å². The molecule has 0 saturated carbocycles. The van der Waals surface area contributed by atoms with E-state index in [0.29, 0.717) is 30.6 Å². The highest BCUT2D eigenvalue weighted by Crippen LogP contribution is 2.11. The standard InChI is InChI=1S/C15H14Cl2N4O2/c16-12-10(4-1-6-18-12)14(22)20-8-3-9-21-15(23)11-5-2-7-19-13(11)17/h1-2,4-7H,3,8-9H2,(H,20,22)(H,21,23). The van der Waals surface area contributed by atoms with Gasteiger partial charge in [0.15, 0.2) is 0 Å². The topological polar surface area (TPSA) is 84.0 Å². The van der Waals surface area contributed by atoms with Crippen molar-refractivity contribution in [3.8, 4) is 0 Å². The summed E-state index contributed by atoms with van der Waals surface area (Å²) >= 11 is 11.7. The zero-order valence-electron chi connectivity index (χ0n) is 12.1. The van der Waals surface area contributed by atoms with E-state index in [4.69, 9.17) is 23.2 Å². The first-order valence-corrected chi connectivity index (χ1v) is 7.62. The third-order valence-corrected chi connectivity index (χ3v) is 3.53. The van der Waals surface area contributed by atoms with Crippen molar-refractivity contribution in [2.75, 3.05) is 13.1 Å². The maximum atomic E-state index is 11.9. The van der Waals surface area contributed by atoms with Crippen molar-refractivity contribution in [3.05, 3.63) is 58.1 Å². The molecular weight excluding hydrogens is 339 g/mol.